The molecule has 0 N–H and O–H groups in total. The van der Waals surface area contributed by atoms with Crippen LogP contribution in [0.2, 0.25) is 0 Å². The molecule has 4 nitrogen and oxygen atoms in total. The van der Waals surface area contributed by atoms with Crippen molar-refractivity contribution in [1.29, 1.82) is 0 Å². The molecule has 0 aliphatic carbocycles. The van der Waals surface area contributed by atoms with Crippen molar-refractivity contribution >= 4 is 13.4 Å². The average molecular weight is 260 g/mol. The number of alkyl halides is 3. The van der Waals surface area contributed by atoms with E-state index >= 15 is 0 Å². The Bertz CT molecular complexity index is 283. The fraction of sp³-hybridized carbons (Fsp3) is 0.875. The molecule has 0 fully saturated rings. The van der Waals surface area contributed by atoms with Crippen molar-refractivity contribution < 1.29 is 32.3 Å². The van der Waals surface area contributed by atoms with Crippen LogP contribution in [0.5, 0.6) is 0 Å². The molecular formula is C8H12F3O4P-2. The van der Waals surface area contributed by atoms with Crippen LogP contribution >= 0.6 is 7.60 Å². The van der Waals surface area contributed by atoms with Crippen molar-refractivity contribution in [3.05, 3.63) is 0 Å². The molecule has 0 aromatic carbocycles. The first-order valence-corrected chi connectivity index (χ1v) is 6.41. The van der Waals surface area contributed by atoms with Gasteiger partial charge in [-0.25, -0.2) is 0 Å². The second-order valence-corrected chi connectivity index (χ2v) is 5.01. The van der Waals surface area contributed by atoms with Gasteiger partial charge in [0, 0.05) is 6.16 Å². The number of unbranched alkanes of at least 4 members (excludes halogenated alkanes) is 1. The molecule has 96 valence electrons. The lowest BCUT2D eigenvalue weighted by Crippen LogP contribution is -2.35. The quantitative estimate of drug-likeness (QED) is 0.663. The van der Waals surface area contributed by atoms with Crippen molar-refractivity contribution in [2.24, 2.45) is 5.92 Å². The normalized spacial score (nSPS) is 14.9. The Labute approximate surface area is 91.0 Å². The molecule has 0 aliphatic rings. The van der Waals surface area contributed by atoms with E-state index in [1.54, 1.807) is 6.92 Å². The third kappa shape index (κ3) is 6.25. The van der Waals surface area contributed by atoms with Crippen LogP contribution in [0.15, 0.2) is 0 Å². The molecule has 0 saturated heterocycles. The predicted molar refractivity (Wildman–Crippen MR) is 46.6 cm³/mol. The van der Waals surface area contributed by atoms with Crippen molar-refractivity contribution in [3.8, 4) is 0 Å². The number of carbonyl (C=O) groups excluding carboxylic acids is 1. The van der Waals surface area contributed by atoms with Gasteiger partial charge >= 0.3 is 6.18 Å². The Morgan fingerprint density at radius 3 is 2.19 bits per heavy atom. The van der Waals surface area contributed by atoms with Gasteiger partial charge in [0.05, 0.1) is 0 Å². The van der Waals surface area contributed by atoms with Crippen LogP contribution in [0.25, 0.3) is 0 Å². The van der Waals surface area contributed by atoms with Gasteiger partial charge in [0.2, 0.25) is 0 Å². The van der Waals surface area contributed by atoms with Crippen LogP contribution in [0.3, 0.4) is 0 Å². The smallest absolute Gasteiger partial charge is 0.398 e. The third-order valence-electron chi connectivity index (χ3n) is 1.98. The Balaban J connectivity index is 4.64. The average Bonchev–Trinajstić information content (AvgIpc) is 1.98. The monoisotopic (exact) mass is 260 g/mol. The number of carbonyl (C=O) groups is 1. The molecule has 0 rings (SSSR count). The van der Waals surface area contributed by atoms with Crippen LogP contribution < -0.4 is 9.79 Å². The molecule has 0 saturated carbocycles. The molecular weight excluding hydrogens is 248 g/mol. The molecule has 0 heterocycles. The summed E-state index contributed by atoms with van der Waals surface area (Å²) < 4.78 is 47.3. The van der Waals surface area contributed by atoms with E-state index in [0.29, 0.717) is 6.42 Å². The number of ketones is 1. The summed E-state index contributed by atoms with van der Waals surface area (Å²) >= 11 is 0. The highest BCUT2D eigenvalue weighted by Gasteiger charge is 2.43. The molecule has 0 aromatic rings. The first kappa shape index (κ1) is 15.6. The summed E-state index contributed by atoms with van der Waals surface area (Å²) in [4.78, 5) is 31.5. The molecule has 16 heavy (non-hydrogen) atoms. The minimum absolute atomic E-state index is 0.151. The summed E-state index contributed by atoms with van der Waals surface area (Å²) in [6.45, 7) is 1.64. The highest BCUT2D eigenvalue weighted by molar-refractivity contribution is 7.49. The van der Waals surface area contributed by atoms with Crippen molar-refractivity contribution in [1.82, 2.24) is 0 Å². The molecule has 0 aromatic heterocycles. The van der Waals surface area contributed by atoms with E-state index in [2.05, 4.69) is 0 Å². The second kappa shape index (κ2) is 5.80. The van der Waals surface area contributed by atoms with E-state index in [0.717, 1.165) is 0 Å². The molecule has 0 spiro atoms. The zero-order chi connectivity index (χ0) is 13.0. The molecule has 1 unspecified atom stereocenters. The zero-order valence-electron chi connectivity index (χ0n) is 8.62. The summed E-state index contributed by atoms with van der Waals surface area (Å²) in [6.07, 6.45) is -6.23. The standard InChI is InChI=1S/C8H14F3O4P/c1-2-3-4-6(8(9,10)11)7(12)5-16(13,14)15/h6H,2-5H2,1H3,(H2,13,14,15)/p-2. The van der Waals surface area contributed by atoms with Gasteiger partial charge in [-0.2, -0.15) is 13.2 Å². The van der Waals surface area contributed by atoms with Crippen molar-refractivity contribution in [2.75, 3.05) is 6.16 Å². The lowest BCUT2D eigenvalue weighted by atomic mass is 9.98. The maximum atomic E-state index is 12.4. The number of halogens is 3. The van der Waals surface area contributed by atoms with Crippen LogP contribution in [-0.4, -0.2) is 18.1 Å². The molecule has 1 atom stereocenters. The van der Waals surface area contributed by atoms with Gasteiger partial charge in [-0.3, -0.25) is 4.79 Å². The number of Topliss-reactive ketones (excluding diaryl/α,β-unsaturated/α-hetero) is 1. The molecule has 0 aliphatic heterocycles. The lowest BCUT2D eigenvalue weighted by molar-refractivity contribution is -0.312. The van der Waals surface area contributed by atoms with Gasteiger partial charge in [0.25, 0.3) is 0 Å². The minimum Gasteiger partial charge on any atom is -0.810 e. The largest absolute Gasteiger partial charge is 0.810 e. The first-order chi connectivity index (χ1) is 7.08. The topological polar surface area (TPSA) is 80.3 Å². The molecule has 0 amide bonds. The maximum absolute atomic E-state index is 12.4. The van der Waals surface area contributed by atoms with Gasteiger partial charge in [0.1, 0.15) is 11.7 Å². The summed E-state index contributed by atoms with van der Waals surface area (Å²) in [5, 5.41) is 0. The maximum Gasteiger partial charge on any atom is 0.398 e. The van der Waals surface area contributed by atoms with E-state index in [4.69, 9.17) is 0 Å². The van der Waals surface area contributed by atoms with Gasteiger partial charge in [-0.05, 0) is 6.42 Å². The van der Waals surface area contributed by atoms with E-state index in [9.17, 15) is 32.3 Å². The van der Waals surface area contributed by atoms with E-state index in [1.165, 1.54) is 0 Å². The molecule has 0 radical (unpaired) electrons. The fourth-order valence-corrected chi connectivity index (χ4v) is 1.82. The third-order valence-corrected chi connectivity index (χ3v) is 2.68. The number of hydrogen-bond acceptors (Lipinski definition) is 4. The minimum atomic E-state index is -5.23. The van der Waals surface area contributed by atoms with Crippen LogP contribution in [0, 0.1) is 5.92 Å². The van der Waals surface area contributed by atoms with Gasteiger partial charge in [-0.15, -0.1) is 0 Å². The molecule has 8 heteroatoms. The Morgan fingerprint density at radius 2 is 1.88 bits per heavy atom. The lowest BCUT2D eigenvalue weighted by Gasteiger charge is -2.30. The predicted octanol–water partition coefficient (Wildman–Crippen LogP) is 0.838. The van der Waals surface area contributed by atoms with Crippen LogP contribution in [-0.2, 0) is 9.36 Å². The van der Waals surface area contributed by atoms with Crippen molar-refractivity contribution in [2.45, 2.75) is 32.4 Å². The van der Waals surface area contributed by atoms with Crippen LogP contribution in [0.1, 0.15) is 26.2 Å². The van der Waals surface area contributed by atoms with Crippen molar-refractivity contribution in [3.63, 3.8) is 0 Å². The van der Waals surface area contributed by atoms with E-state index in [-0.39, 0.29) is 6.42 Å². The number of hydrogen-bond donors (Lipinski definition) is 0. The summed E-state index contributed by atoms with van der Waals surface area (Å²) in [7, 11) is -5.23. The SMILES string of the molecule is CCCCC(C(=O)CP(=O)([O-])[O-])C(F)(F)F. The second-order valence-electron chi connectivity index (χ2n) is 3.47. The van der Waals surface area contributed by atoms with E-state index < -0.39 is 38.1 Å². The van der Waals surface area contributed by atoms with Gasteiger partial charge < -0.3 is 14.4 Å². The van der Waals surface area contributed by atoms with Crippen LogP contribution in [0.4, 0.5) is 13.2 Å². The summed E-state index contributed by atoms with van der Waals surface area (Å²) in [6, 6.07) is 0. The highest BCUT2D eigenvalue weighted by atomic mass is 31.2. The van der Waals surface area contributed by atoms with Gasteiger partial charge in [-0.1, -0.05) is 27.4 Å². The first-order valence-electron chi connectivity index (χ1n) is 4.68. The Morgan fingerprint density at radius 1 is 1.38 bits per heavy atom. The number of rotatable bonds is 6. The van der Waals surface area contributed by atoms with E-state index in [1.807, 2.05) is 0 Å². The summed E-state index contributed by atoms with van der Waals surface area (Å²) in [5.41, 5.74) is 0. The summed E-state index contributed by atoms with van der Waals surface area (Å²) in [5.74, 6) is -3.90. The fourth-order valence-electron chi connectivity index (χ4n) is 1.22. The Hall–Kier alpha value is -0.390. The zero-order valence-corrected chi connectivity index (χ0v) is 9.51. The molecule has 0 bridgehead atoms. The highest BCUT2D eigenvalue weighted by Crippen LogP contribution is 2.34. The Kier molecular flexibility index (Phi) is 5.65. The van der Waals surface area contributed by atoms with Gasteiger partial charge in [0.15, 0.2) is 0 Å².